The highest BCUT2D eigenvalue weighted by Crippen LogP contribution is 2.29. The number of carboxylic acid groups (broad SMARTS) is 1. The molecule has 0 saturated carbocycles. The number of carbonyl (C=O) groups is 1. The molecule has 9 nitrogen and oxygen atoms in total. The molecule has 1 aliphatic heterocycles. The molecule has 2 heterocycles. The molecule has 0 amide bonds. The summed E-state index contributed by atoms with van der Waals surface area (Å²) in [7, 11) is 0. The maximum absolute atomic E-state index is 10.7. The first-order valence-corrected chi connectivity index (χ1v) is 5.73. The summed E-state index contributed by atoms with van der Waals surface area (Å²) in [6, 6.07) is -0.779. The van der Waals surface area contributed by atoms with Gasteiger partial charge in [0.05, 0.1) is 18.9 Å². The van der Waals surface area contributed by atoms with Crippen molar-refractivity contribution in [2.24, 2.45) is 0 Å². The number of ether oxygens (including phenoxy) is 1. The Morgan fingerprint density at radius 2 is 2.16 bits per heavy atom. The summed E-state index contributed by atoms with van der Waals surface area (Å²) in [5, 5.41) is 44.7. The van der Waals surface area contributed by atoms with Gasteiger partial charge in [-0.2, -0.15) is 0 Å². The smallest absolute Gasteiger partial charge is 0.358 e. The normalized spacial score (nSPS) is 35.3. The van der Waals surface area contributed by atoms with E-state index in [9.17, 15) is 15.0 Å². The lowest BCUT2D eigenvalue weighted by Gasteiger charge is -2.40. The van der Waals surface area contributed by atoms with Crippen LogP contribution in [0.3, 0.4) is 0 Å². The molecule has 0 unspecified atom stereocenters. The van der Waals surface area contributed by atoms with Gasteiger partial charge >= 0.3 is 5.97 Å². The third-order valence-electron chi connectivity index (χ3n) is 3.17. The molecule has 5 atom stereocenters. The van der Waals surface area contributed by atoms with Gasteiger partial charge in [0, 0.05) is 0 Å². The van der Waals surface area contributed by atoms with E-state index in [1.54, 1.807) is 6.92 Å². The molecule has 1 fully saturated rings. The highest BCUT2D eigenvalue weighted by atomic mass is 16.5. The van der Waals surface area contributed by atoms with Crippen LogP contribution in [0.2, 0.25) is 0 Å². The monoisotopic (exact) mass is 273 g/mol. The minimum Gasteiger partial charge on any atom is -0.476 e. The minimum atomic E-state index is -1.29. The zero-order valence-corrected chi connectivity index (χ0v) is 10.1. The van der Waals surface area contributed by atoms with Gasteiger partial charge in [-0.25, -0.2) is 9.48 Å². The van der Waals surface area contributed by atoms with Gasteiger partial charge in [0.2, 0.25) is 0 Å². The van der Waals surface area contributed by atoms with Crippen LogP contribution in [0, 0.1) is 0 Å². The van der Waals surface area contributed by atoms with E-state index in [-0.39, 0.29) is 5.69 Å². The van der Waals surface area contributed by atoms with E-state index in [4.69, 9.17) is 14.9 Å². The molecular formula is C10H15N3O6. The summed E-state index contributed by atoms with van der Waals surface area (Å²) < 4.78 is 6.51. The van der Waals surface area contributed by atoms with Gasteiger partial charge in [-0.15, -0.1) is 5.10 Å². The van der Waals surface area contributed by atoms with E-state index in [2.05, 4.69) is 10.3 Å². The molecule has 1 aliphatic rings. The molecule has 2 rings (SSSR count). The summed E-state index contributed by atoms with van der Waals surface area (Å²) in [5.74, 6) is -1.24. The van der Waals surface area contributed by atoms with Crippen molar-refractivity contribution in [1.29, 1.82) is 0 Å². The van der Waals surface area contributed by atoms with E-state index < -0.39 is 43.0 Å². The van der Waals surface area contributed by atoms with Crippen molar-refractivity contribution in [3.8, 4) is 0 Å². The molecule has 0 bridgehead atoms. The molecule has 19 heavy (non-hydrogen) atoms. The van der Waals surface area contributed by atoms with Crippen molar-refractivity contribution >= 4 is 5.97 Å². The largest absolute Gasteiger partial charge is 0.476 e. The zero-order valence-electron chi connectivity index (χ0n) is 10.1. The van der Waals surface area contributed by atoms with Gasteiger partial charge in [0.25, 0.3) is 0 Å². The predicted molar refractivity (Wildman–Crippen MR) is 59.5 cm³/mol. The molecule has 9 heteroatoms. The van der Waals surface area contributed by atoms with Crippen LogP contribution in [0.15, 0.2) is 6.20 Å². The molecule has 1 aromatic heterocycles. The number of rotatable bonds is 3. The average Bonchev–Trinajstić information content (AvgIpc) is 2.83. The minimum absolute atomic E-state index is 0.266. The number of aromatic nitrogens is 3. The highest BCUT2D eigenvalue weighted by Gasteiger charge is 2.44. The number of aliphatic hydroxyl groups excluding tert-OH is 3. The van der Waals surface area contributed by atoms with E-state index in [1.165, 1.54) is 0 Å². The Morgan fingerprint density at radius 1 is 1.47 bits per heavy atom. The standard InChI is InChI=1S/C10H15N3O6/c1-4-7(9(16)8(15)6(3-14)19-4)13-2-5(10(17)18)11-12-13/h2,4,6-9,14-16H,3H2,1H3,(H,17,18)/t4-,6+,7-,8-,9+/m0/s1. The first kappa shape index (κ1) is 13.9. The fourth-order valence-electron chi connectivity index (χ4n) is 2.18. The molecule has 1 saturated heterocycles. The summed E-state index contributed by atoms with van der Waals surface area (Å²) in [5.41, 5.74) is -0.266. The Kier molecular flexibility index (Phi) is 3.80. The number of hydrogen-bond donors (Lipinski definition) is 4. The number of carboxylic acids is 1. The molecule has 0 aromatic carbocycles. The quantitative estimate of drug-likeness (QED) is 0.497. The van der Waals surface area contributed by atoms with Crippen LogP contribution in [0.5, 0.6) is 0 Å². The second kappa shape index (κ2) is 5.21. The van der Waals surface area contributed by atoms with Crippen molar-refractivity contribution in [1.82, 2.24) is 15.0 Å². The lowest BCUT2D eigenvalue weighted by atomic mass is 9.94. The average molecular weight is 273 g/mol. The number of aliphatic hydroxyl groups is 3. The first-order valence-electron chi connectivity index (χ1n) is 5.73. The van der Waals surface area contributed by atoms with Crippen LogP contribution in [0.1, 0.15) is 23.5 Å². The Hall–Kier alpha value is -1.55. The lowest BCUT2D eigenvalue weighted by molar-refractivity contribution is -0.200. The lowest BCUT2D eigenvalue weighted by Crippen LogP contribution is -2.55. The van der Waals surface area contributed by atoms with Crippen molar-refractivity contribution in [2.45, 2.75) is 37.4 Å². The summed E-state index contributed by atoms with van der Waals surface area (Å²) >= 11 is 0. The van der Waals surface area contributed by atoms with Gasteiger partial charge in [-0.3, -0.25) is 0 Å². The predicted octanol–water partition coefficient (Wildman–Crippen LogP) is -1.98. The molecule has 0 radical (unpaired) electrons. The van der Waals surface area contributed by atoms with Gasteiger partial charge < -0.3 is 25.2 Å². The Balaban J connectivity index is 2.25. The molecule has 0 aliphatic carbocycles. The third kappa shape index (κ3) is 2.45. The summed E-state index contributed by atoms with van der Waals surface area (Å²) in [6.07, 6.45) is -2.84. The fourth-order valence-corrected chi connectivity index (χ4v) is 2.18. The summed E-state index contributed by atoms with van der Waals surface area (Å²) in [6.45, 7) is 1.21. The van der Waals surface area contributed by atoms with Crippen LogP contribution < -0.4 is 0 Å². The number of hydrogen-bond acceptors (Lipinski definition) is 7. The second-order valence-electron chi connectivity index (χ2n) is 4.42. The third-order valence-corrected chi connectivity index (χ3v) is 3.17. The maximum atomic E-state index is 10.7. The molecule has 0 spiro atoms. The topological polar surface area (TPSA) is 138 Å². The van der Waals surface area contributed by atoms with E-state index in [0.717, 1.165) is 10.9 Å². The van der Waals surface area contributed by atoms with Crippen LogP contribution in [-0.4, -0.2) is 72.4 Å². The van der Waals surface area contributed by atoms with Crippen molar-refractivity contribution < 1.29 is 30.0 Å². The van der Waals surface area contributed by atoms with Crippen molar-refractivity contribution in [2.75, 3.05) is 6.61 Å². The Labute approximate surface area is 108 Å². The molecular weight excluding hydrogens is 258 g/mol. The van der Waals surface area contributed by atoms with Crippen molar-refractivity contribution in [3.05, 3.63) is 11.9 Å². The van der Waals surface area contributed by atoms with Gasteiger partial charge in [0.15, 0.2) is 5.69 Å². The molecule has 4 N–H and O–H groups in total. The number of aromatic carboxylic acids is 1. The van der Waals surface area contributed by atoms with Crippen LogP contribution >= 0.6 is 0 Å². The maximum Gasteiger partial charge on any atom is 0.358 e. The first-order chi connectivity index (χ1) is 8.95. The van der Waals surface area contributed by atoms with Crippen LogP contribution in [-0.2, 0) is 4.74 Å². The summed E-state index contributed by atoms with van der Waals surface area (Å²) in [4.78, 5) is 10.7. The van der Waals surface area contributed by atoms with Gasteiger partial charge in [-0.1, -0.05) is 5.21 Å². The highest BCUT2D eigenvalue weighted by molar-refractivity contribution is 5.84. The fraction of sp³-hybridized carbons (Fsp3) is 0.700. The van der Waals surface area contributed by atoms with E-state index in [1.807, 2.05) is 0 Å². The molecule has 1 aromatic rings. The van der Waals surface area contributed by atoms with E-state index in [0.29, 0.717) is 0 Å². The zero-order chi connectivity index (χ0) is 14.2. The number of nitrogens with zero attached hydrogens (tertiary/aromatic N) is 3. The van der Waals surface area contributed by atoms with Gasteiger partial charge in [-0.05, 0) is 6.92 Å². The van der Waals surface area contributed by atoms with Gasteiger partial charge in [0.1, 0.15) is 24.4 Å². The Morgan fingerprint density at radius 3 is 2.68 bits per heavy atom. The SMILES string of the molecule is C[C@@H]1O[C@H](CO)[C@H](O)[C@H](O)[C@H]1n1cc(C(=O)O)nn1. The van der Waals surface area contributed by atoms with E-state index >= 15 is 0 Å². The molecule has 106 valence electrons. The van der Waals surface area contributed by atoms with Crippen LogP contribution in [0.4, 0.5) is 0 Å². The van der Waals surface area contributed by atoms with Crippen molar-refractivity contribution in [3.63, 3.8) is 0 Å². The second-order valence-corrected chi connectivity index (χ2v) is 4.42. The Bertz CT molecular complexity index is 464. The van der Waals surface area contributed by atoms with Crippen LogP contribution in [0.25, 0.3) is 0 Å².